The summed E-state index contributed by atoms with van der Waals surface area (Å²) in [6.45, 7) is 1.12. The summed E-state index contributed by atoms with van der Waals surface area (Å²) in [6, 6.07) is 18.5. The number of hydrogen-bond donors (Lipinski definition) is 0. The van der Waals surface area contributed by atoms with Crippen LogP contribution in [-0.2, 0) is 23.6 Å². The van der Waals surface area contributed by atoms with Gasteiger partial charge in [0.25, 0.3) is 0 Å². The molecule has 5 nitrogen and oxygen atoms in total. The van der Waals surface area contributed by atoms with E-state index < -0.39 is 10.2 Å². The molecule has 0 aliphatic carbocycles. The van der Waals surface area contributed by atoms with Crippen LogP contribution in [0.5, 0.6) is 0 Å². The van der Waals surface area contributed by atoms with Crippen LogP contribution in [0.2, 0.25) is 0 Å². The van der Waals surface area contributed by atoms with Crippen LogP contribution < -0.4 is 18.6 Å². The van der Waals surface area contributed by atoms with Crippen LogP contribution in [-0.4, -0.2) is 25.6 Å². The SMILES string of the molecule is C[N+](C)(C)Cc1ccc[cH-]1.[Fe+2].[O-][Cl+3]([O-])([O-])[O-].c1cc[cH-]c1. The fraction of sp³-hybridized carbons (Fsp3) is 0.286. The Bertz CT molecular complexity index is 396. The normalized spacial score (nSPS) is 10.4. The van der Waals surface area contributed by atoms with Crippen molar-refractivity contribution in [1.29, 1.82) is 0 Å². The van der Waals surface area contributed by atoms with Gasteiger partial charge in [0.2, 0.25) is 0 Å². The number of quaternary nitrogens is 1. The molecule has 0 fully saturated rings. The zero-order valence-electron chi connectivity index (χ0n) is 12.2. The summed E-state index contributed by atoms with van der Waals surface area (Å²) in [6.07, 6.45) is 0. The van der Waals surface area contributed by atoms with Crippen molar-refractivity contribution in [3.05, 3.63) is 60.2 Å². The molecule has 0 atom stereocenters. The molecule has 2 rings (SSSR count). The van der Waals surface area contributed by atoms with Gasteiger partial charge in [0, 0.05) is 0 Å². The van der Waals surface area contributed by atoms with Crippen molar-refractivity contribution in [3.63, 3.8) is 0 Å². The van der Waals surface area contributed by atoms with E-state index in [1.807, 2.05) is 30.3 Å². The molecule has 0 aliphatic heterocycles. The van der Waals surface area contributed by atoms with Crippen LogP contribution in [0.3, 0.4) is 0 Å². The van der Waals surface area contributed by atoms with Gasteiger partial charge in [-0.05, 0) is 0 Å². The Morgan fingerprint density at radius 3 is 1.67 bits per heavy atom. The molecule has 7 heteroatoms. The van der Waals surface area contributed by atoms with Gasteiger partial charge in [0.05, 0.1) is 27.7 Å². The molecular formula is C14H20ClFeNO4. The summed E-state index contributed by atoms with van der Waals surface area (Å²) in [4.78, 5) is 0. The van der Waals surface area contributed by atoms with Gasteiger partial charge < -0.3 is 4.48 Å². The topological polar surface area (TPSA) is 92.2 Å². The molecule has 0 aromatic heterocycles. The van der Waals surface area contributed by atoms with Gasteiger partial charge in [-0.15, -0.1) is 15.8 Å². The second-order valence-corrected chi connectivity index (χ2v) is 5.84. The predicted molar refractivity (Wildman–Crippen MR) is 65.8 cm³/mol. The van der Waals surface area contributed by atoms with E-state index in [4.69, 9.17) is 18.6 Å². The van der Waals surface area contributed by atoms with Crippen molar-refractivity contribution in [2.75, 3.05) is 21.1 Å². The van der Waals surface area contributed by atoms with Crippen molar-refractivity contribution < 1.29 is 50.4 Å². The standard InChI is InChI=1S/C9H15N.C5H5.ClHO4.Fe/c1-10(2,3)8-9-6-4-5-7-9;1-2-4-5-3-1;2-1(3,4)5;/h4-7H,8H2,1-3H3;1-5H;(H,2,3,4,5);/q;-1;;+2/p-1. The maximum Gasteiger partial charge on any atom is 2.00 e. The Kier molecular flexibility index (Phi) is 11.8. The van der Waals surface area contributed by atoms with Gasteiger partial charge in [-0.3, -0.25) is 0 Å². The molecule has 0 amide bonds. The fourth-order valence-electron chi connectivity index (χ4n) is 1.39. The Hall–Kier alpha value is -0.691. The van der Waals surface area contributed by atoms with Crippen molar-refractivity contribution in [1.82, 2.24) is 0 Å². The molecule has 0 heterocycles. The Morgan fingerprint density at radius 1 is 0.952 bits per heavy atom. The largest absolute Gasteiger partial charge is 2.00 e. The molecule has 0 radical (unpaired) electrons. The molecule has 21 heavy (non-hydrogen) atoms. The van der Waals surface area contributed by atoms with Gasteiger partial charge in [0.15, 0.2) is 0 Å². The number of nitrogens with zero attached hydrogens (tertiary/aromatic N) is 1. The Balaban J connectivity index is 0. The molecule has 0 N–H and O–H groups in total. The quantitative estimate of drug-likeness (QED) is 0.362. The van der Waals surface area contributed by atoms with Crippen LogP contribution in [0, 0.1) is 10.2 Å². The van der Waals surface area contributed by atoms with E-state index in [0.29, 0.717) is 0 Å². The van der Waals surface area contributed by atoms with Gasteiger partial charge in [-0.25, -0.2) is 42.9 Å². The van der Waals surface area contributed by atoms with E-state index >= 15 is 0 Å². The average Bonchev–Trinajstić information content (AvgIpc) is 2.84. The average molecular weight is 358 g/mol. The molecule has 2 aromatic rings. The summed E-state index contributed by atoms with van der Waals surface area (Å²) < 4.78 is 35.0. The minimum Gasteiger partial charge on any atom is -0.329 e. The first-order valence-corrected chi connectivity index (χ1v) is 7.11. The smallest absolute Gasteiger partial charge is 0.329 e. The minimum atomic E-state index is -4.94. The number of rotatable bonds is 2. The number of halogens is 1. The molecule has 120 valence electrons. The van der Waals surface area contributed by atoms with Crippen molar-refractivity contribution >= 4 is 0 Å². The third-order valence-electron chi connectivity index (χ3n) is 1.94. The minimum absolute atomic E-state index is 0. The second-order valence-electron chi connectivity index (χ2n) is 5.08. The van der Waals surface area contributed by atoms with E-state index in [1.54, 1.807) is 0 Å². The van der Waals surface area contributed by atoms with Crippen LogP contribution >= 0.6 is 0 Å². The molecule has 0 saturated heterocycles. The molecule has 2 aromatic carbocycles. The van der Waals surface area contributed by atoms with Crippen molar-refractivity contribution in [2.24, 2.45) is 0 Å². The second kappa shape index (κ2) is 11.0. The fourth-order valence-corrected chi connectivity index (χ4v) is 1.39. The van der Waals surface area contributed by atoms with Crippen LogP contribution in [0.4, 0.5) is 0 Å². The molecule has 0 aliphatic rings. The zero-order chi connectivity index (χ0) is 15.6. The summed E-state index contributed by atoms with van der Waals surface area (Å²) in [5.41, 5.74) is 1.42. The first-order valence-electron chi connectivity index (χ1n) is 5.87. The zero-order valence-corrected chi connectivity index (χ0v) is 14.1. The van der Waals surface area contributed by atoms with Crippen LogP contribution in [0.1, 0.15) is 5.56 Å². The van der Waals surface area contributed by atoms with Gasteiger partial charge in [-0.1, -0.05) is 0 Å². The van der Waals surface area contributed by atoms with E-state index in [0.717, 1.165) is 11.0 Å². The summed E-state index contributed by atoms with van der Waals surface area (Å²) >= 11 is 0. The van der Waals surface area contributed by atoms with Gasteiger partial charge in [-0.2, -0.15) is 30.3 Å². The van der Waals surface area contributed by atoms with E-state index in [-0.39, 0.29) is 17.1 Å². The van der Waals surface area contributed by atoms with Crippen molar-refractivity contribution in [2.45, 2.75) is 6.54 Å². The first-order chi connectivity index (χ1) is 9.08. The summed E-state index contributed by atoms with van der Waals surface area (Å²) in [7, 11) is 1.66. The van der Waals surface area contributed by atoms with Crippen LogP contribution in [0.25, 0.3) is 0 Å². The third kappa shape index (κ3) is 21.7. The third-order valence-corrected chi connectivity index (χ3v) is 1.94. The maximum atomic E-state index is 8.49. The van der Waals surface area contributed by atoms with E-state index in [2.05, 4.69) is 45.4 Å². The molecule has 0 spiro atoms. The molecule has 0 bridgehead atoms. The summed E-state index contributed by atoms with van der Waals surface area (Å²) in [5, 5.41) is 0. The maximum absolute atomic E-state index is 8.49. The van der Waals surface area contributed by atoms with Gasteiger partial charge in [0.1, 0.15) is 0 Å². The molecule has 0 saturated carbocycles. The Morgan fingerprint density at radius 2 is 1.43 bits per heavy atom. The van der Waals surface area contributed by atoms with E-state index in [1.165, 1.54) is 5.56 Å². The molecule has 0 unspecified atom stereocenters. The first kappa shape index (κ1) is 22.6. The van der Waals surface area contributed by atoms with Gasteiger partial charge >= 0.3 is 17.1 Å². The van der Waals surface area contributed by atoms with E-state index in [9.17, 15) is 0 Å². The monoisotopic (exact) mass is 357 g/mol. The Labute approximate surface area is 138 Å². The predicted octanol–water partition coefficient (Wildman–Crippen LogP) is -1.74. The van der Waals surface area contributed by atoms with Crippen LogP contribution in [0.15, 0.2) is 54.6 Å². The number of hydrogen-bond acceptors (Lipinski definition) is 4. The summed E-state index contributed by atoms with van der Waals surface area (Å²) in [5.74, 6) is 0. The molecular weight excluding hydrogens is 337 g/mol. The van der Waals surface area contributed by atoms with Crippen molar-refractivity contribution in [3.8, 4) is 0 Å².